The molecule has 0 bridgehead atoms. The van der Waals surface area contributed by atoms with Crippen molar-refractivity contribution in [2.75, 3.05) is 0 Å². The minimum absolute atomic E-state index is 0.372. The van der Waals surface area contributed by atoms with Gasteiger partial charge in [0, 0.05) is 9.79 Å². The Kier molecular flexibility index (Phi) is 3.22. The molecule has 0 spiro atoms. The van der Waals surface area contributed by atoms with E-state index in [9.17, 15) is 30.6 Å². The summed E-state index contributed by atoms with van der Waals surface area (Å²) < 4.78 is 0. The number of hydrogen-bond donors (Lipinski definition) is 6. The normalized spacial score (nSPS) is 10.5. The highest BCUT2D eigenvalue weighted by molar-refractivity contribution is 7.99. The number of aromatic hydroxyl groups is 6. The Hall–Kier alpha value is -2.41. The molecule has 0 aliphatic rings. The molecule has 7 heteroatoms. The molecule has 19 heavy (non-hydrogen) atoms. The fourth-order valence-electron chi connectivity index (χ4n) is 1.41. The van der Waals surface area contributed by atoms with Gasteiger partial charge in [0.05, 0.1) is 0 Å². The summed E-state index contributed by atoms with van der Waals surface area (Å²) in [6.45, 7) is 0. The number of phenolic OH excluding ortho intramolecular Hbond substituents is 6. The Morgan fingerprint density at radius 2 is 0.789 bits per heavy atom. The number of benzene rings is 2. The van der Waals surface area contributed by atoms with E-state index in [1.807, 2.05) is 0 Å². The minimum Gasteiger partial charge on any atom is -0.504 e. The van der Waals surface area contributed by atoms with Crippen molar-refractivity contribution in [3.05, 3.63) is 24.3 Å². The van der Waals surface area contributed by atoms with Gasteiger partial charge in [-0.2, -0.15) is 0 Å². The Labute approximate surface area is 111 Å². The van der Waals surface area contributed by atoms with Crippen LogP contribution in [0, 0.1) is 0 Å². The van der Waals surface area contributed by atoms with Crippen molar-refractivity contribution in [2.24, 2.45) is 0 Å². The van der Waals surface area contributed by atoms with Crippen LogP contribution < -0.4 is 0 Å². The second-order valence-electron chi connectivity index (χ2n) is 3.72. The molecule has 0 unspecified atom stereocenters. The molecule has 0 heterocycles. The van der Waals surface area contributed by atoms with Crippen molar-refractivity contribution >= 4 is 11.8 Å². The summed E-state index contributed by atoms with van der Waals surface area (Å²) in [6, 6.07) is 4.84. The predicted octanol–water partition coefficient (Wildman–Crippen LogP) is 2.07. The summed E-state index contributed by atoms with van der Waals surface area (Å²) in [5.41, 5.74) is 0. The fourth-order valence-corrected chi connectivity index (χ4v) is 2.37. The van der Waals surface area contributed by atoms with E-state index in [4.69, 9.17) is 0 Å². The van der Waals surface area contributed by atoms with E-state index in [1.54, 1.807) is 0 Å². The van der Waals surface area contributed by atoms with Crippen LogP contribution in [-0.2, 0) is 0 Å². The van der Waals surface area contributed by atoms with E-state index in [1.165, 1.54) is 24.3 Å². The van der Waals surface area contributed by atoms with Crippen molar-refractivity contribution in [2.45, 2.75) is 9.79 Å². The maximum absolute atomic E-state index is 9.35. The zero-order chi connectivity index (χ0) is 14.2. The van der Waals surface area contributed by atoms with Gasteiger partial charge in [0.25, 0.3) is 0 Å². The third-order valence-electron chi connectivity index (χ3n) is 2.32. The quantitative estimate of drug-likeness (QED) is 0.466. The topological polar surface area (TPSA) is 121 Å². The van der Waals surface area contributed by atoms with Crippen LogP contribution in [0.3, 0.4) is 0 Å². The highest BCUT2D eigenvalue weighted by Gasteiger charge is 2.12. The lowest BCUT2D eigenvalue weighted by molar-refractivity contribution is 0.366. The zero-order valence-corrected chi connectivity index (χ0v) is 10.2. The average molecular weight is 282 g/mol. The molecule has 0 atom stereocenters. The molecule has 6 nitrogen and oxygen atoms in total. The van der Waals surface area contributed by atoms with Crippen molar-refractivity contribution in [1.29, 1.82) is 0 Å². The average Bonchev–Trinajstić information content (AvgIpc) is 2.33. The first-order valence-corrected chi connectivity index (χ1v) is 5.88. The second-order valence-corrected chi connectivity index (χ2v) is 4.87. The van der Waals surface area contributed by atoms with E-state index in [0.717, 1.165) is 11.8 Å². The Morgan fingerprint density at radius 3 is 1.05 bits per heavy atom. The van der Waals surface area contributed by atoms with Crippen LogP contribution in [-0.4, -0.2) is 30.6 Å². The summed E-state index contributed by atoms with van der Waals surface area (Å²) >= 11 is 0.999. The Morgan fingerprint density at radius 1 is 0.526 bits per heavy atom. The van der Waals surface area contributed by atoms with Gasteiger partial charge in [-0.3, -0.25) is 0 Å². The molecule has 0 aromatic heterocycles. The molecule has 6 N–H and O–H groups in total. The molecular weight excluding hydrogens is 272 g/mol. The predicted molar refractivity (Wildman–Crippen MR) is 67.0 cm³/mol. The van der Waals surface area contributed by atoms with Crippen LogP contribution >= 0.6 is 11.8 Å². The molecule has 0 radical (unpaired) electrons. The standard InChI is InChI=1S/C12H10O6S/c13-7-1-5(2-8(14)11(7)17)19-6-3-9(15)12(18)10(16)4-6/h1-4,13-18H. The third-order valence-corrected chi connectivity index (χ3v) is 3.26. The smallest absolute Gasteiger partial charge is 0.200 e. The maximum Gasteiger partial charge on any atom is 0.200 e. The molecule has 0 fully saturated rings. The van der Waals surface area contributed by atoms with Crippen LogP contribution in [0.2, 0.25) is 0 Å². The molecule has 0 amide bonds. The van der Waals surface area contributed by atoms with Crippen LogP contribution in [0.5, 0.6) is 34.5 Å². The molecule has 2 rings (SSSR count). The summed E-state index contributed by atoms with van der Waals surface area (Å²) in [5.74, 6) is -3.21. The minimum atomic E-state index is -0.624. The van der Waals surface area contributed by atoms with Gasteiger partial charge in [-0.15, -0.1) is 0 Å². The molecule has 2 aromatic rings. The van der Waals surface area contributed by atoms with Crippen molar-refractivity contribution in [1.82, 2.24) is 0 Å². The first-order chi connectivity index (χ1) is 8.88. The van der Waals surface area contributed by atoms with Crippen molar-refractivity contribution in [3.8, 4) is 34.5 Å². The maximum atomic E-state index is 9.35. The highest BCUT2D eigenvalue weighted by atomic mass is 32.2. The fraction of sp³-hybridized carbons (Fsp3) is 0. The first kappa shape index (κ1) is 13.0. The molecular formula is C12H10O6S. The Balaban J connectivity index is 2.36. The third kappa shape index (κ3) is 2.55. The van der Waals surface area contributed by atoms with Gasteiger partial charge in [0.2, 0.25) is 0 Å². The zero-order valence-electron chi connectivity index (χ0n) is 9.40. The van der Waals surface area contributed by atoms with Crippen LogP contribution in [0.4, 0.5) is 0 Å². The molecule has 0 aliphatic carbocycles. The summed E-state index contributed by atoms with van der Waals surface area (Å²) in [7, 11) is 0. The monoisotopic (exact) mass is 282 g/mol. The highest BCUT2D eigenvalue weighted by Crippen LogP contribution is 2.44. The molecule has 100 valence electrons. The molecule has 0 saturated heterocycles. The van der Waals surface area contributed by atoms with E-state index < -0.39 is 34.5 Å². The number of phenols is 6. The lowest BCUT2D eigenvalue weighted by atomic mass is 10.3. The molecule has 0 saturated carbocycles. The lowest BCUT2D eigenvalue weighted by Crippen LogP contribution is -1.78. The number of hydrogen-bond acceptors (Lipinski definition) is 7. The largest absolute Gasteiger partial charge is 0.504 e. The molecule has 2 aromatic carbocycles. The van der Waals surface area contributed by atoms with Crippen LogP contribution in [0.15, 0.2) is 34.1 Å². The van der Waals surface area contributed by atoms with Gasteiger partial charge >= 0.3 is 0 Å². The van der Waals surface area contributed by atoms with Crippen molar-refractivity contribution < 1.29 is 30.6 Å². The van der Waals surface area contributed by atoms with Crippen molar-refractivity contribution in [3.63, 3.8) is 0 Å². The Bertz CT molecular complexity index is 539. The van der Waals surface area contributed by atoms with Gasteiger partial charge in [-0.05, 0) is 24.3 Å². The van der Waals surface area contributed by atoms with Gasteiger partial charge < -0.3 is 30.6 Å². The lowest BCUT2D eigenvalue weighted by Gasteiger charge is -2.07. The summed E-state index contributed by atoms with van der Waals surface area (Å²) in [5, 5.41) is 55.8. The van der Waals surface area contributed by atoms with E-state index in [2.05, 4.69) is 0 Å². The first-order valence-electron chi connectivity index (χ1n) is 5.06. The summed E-state index contributed by atoms with van der Waals surface area (Å²) in [6.07, 6.45) is 0. The van der Waals surface area contributed by atoms with Gasteiger partial charge in [0.15, 0.2) is 34.5 Å². The second kappa shape index (κ2) is 4.69. The summed E-state index contributed by atoms with van der Waals surface area (Å²) in [4.78, 5) is 0.745. The van der Waals surface area contributed by atoms with Gasteiger partial charge in [0.1, 0.15) is 0 Å². The van der Waals surface area contributed by atoms with E-state index >= 15 is 0 Å². The van der Waals surface area contributed by atoms with Crippen LogP contribution in [0.25, 0.3) is 0 Å². The van der Waals surface area contributed by atoms with Gasteiger partial charge in [-0.1, -0.05) is 11.8 Å². The van der Waals surface area contributed by atoms with E-state index in [0.29, 0.717) is 9.79 Å². The molecule has 0 aliphatic heterocycles. The SMILES string of the molecule is Oc1cc(Sc2cc(O)c(O)c(O)c2)cc(O)c1O. The van der Waals surface area contributed by atoms with Gasteiger partial charge in [-0.25, -0.2) is 0 Å². The number of rotatable bonds is 2. The van der Waals surface area contributed by atoms with Crippen LogP contribution in [0.1, 0.15) is 0 Å². The van der Waals surface area contributed by atoms with E-state index in [-0.39, 0.29) is 0 Å².